The molecule has 0 aromatic heterocycles. The zero-order valence-corrected chi connectivity index (χ0v) is 20.0. The summed E-state index contributed by atoms with van der Waals surface area (Å²) in [6, 6.07) is 5.18. The highest BCUT2D eigenvalue weighted by Gasteiger charge is 2.41. The Morgan fingerprint density at radius 1 is 1.10 bits per heavy atom. The molecule has 0 atom stereocenters. The molecule has 4 rings (SSSR count). The molecular formula is C27H43N3. The molecule has 2 aliphatic heterocycles. The molecule has 0 amide bonds. The minimum Gasteiger partial charge on any atom is -0.371 e. The van der Waals surface area contributed by atoms with Gasteiger partial charge in [-0.25, -0.2) is 0 Å². The van der Waals surface area contributed by atoms with Crippen LogP contribution in [-0.4, -0.2) is 43.8 Å². The summed E-state index contributed by atoms with van der Waals surface area (Å²) < 4.78 is 0. The van der Waals surface area contributed by atoms with Crippen LogP contribution in [0.15, 0.2) is 17.1 Å². The van der Waals surface area contributed by atoms with Crippen LogP contribution < -0.4 is 4.90 Å². The molecule has 3 heteroatoms. The van der Waals surface area contributed by atoms with Gasteiger partial charge in [-0.1, -0.05) is 32.4 Å². The molecule has 0 unspecified atom stereocenters. The molecule has 166 valence electrons. The third-order valence-electron chi connectivity index (χ3n) is 7.77. The highest BCUT2D eigenvalue weighted by Crippen LogP contribution is 2.47. The zero-order valence-electron chi connectivity index (χ0n) is 20.0. The largest absolute Gasteiger partial charge is 0.371 e. The lowest BCUT2D eigenvalue weighted by Gasteiger charge is -2.50. The Balaban J connectivity index is 1.53. The Labute approximate surface area is 184 Å². The normalized spacial score (nSPS) is 22.3. The SMILES string of the molecule is CCCc1cc(CN2CC(CC)(C/C(C)=N\C)C2)cc(C2CC2)c1N1CCCCC1. The molecule has 1 aliphatic carbocycles. The van der Waals surface area contributed by atoms with E-state index in [0.29, 0.717) is 5.41 Å². The van der Waals surface area contributed by atoms with Crippen molar-refractivity contribution in [1.82, 2.24) is 4.90 Å². The Morgan fingerprint density at radius 2 is 1.83 bits per heavy atom. The smallest absolute Gasteiger partial charge is 0.0434 e. The minimum absolute atomic E-state index is 0.461. The fourth-order valence-corrected chi connectivity index (χ4v) is 5.90. The van der Waals surface area contributed by atoms with E-state index in [1.165, 1.54) is 89.7 Å². The van der Waals surface area contributed by atoms with Crippen LogP contribution in [0.5, 0.6) is 0 Å². The van der Waals surface area contributed by atoms with Crippen LogP contribution in [-0.2, 0) is 13.0 Å². The average molecular weight is 410 g/mol. The predicted octanol–water partition coefficient (Wildman–Crippen LogP) is 6.20. The third-order valence-corrected chi connectivity index (χ3v) is 7.77. The van der Waals surface area contributed by atoms with E-state index in [4.69, 9.17) is 0 Å². The summed E-state index contributed by atoms with van der Waals surface area (Å²) in [4.78, 5) is 9.85. The summed E-state index contributed by atoms with van der Waals surface area (Å²) in [5, 5.41) is 0. The third kappa shape index (κ3) is 4.77. The van der Waals surface area contributed by atoms with Gasteiger partial charge in [-0.15, -0.1) is 0 Å². The van der Waals surface area contributed by atoms with Crippen molar-refractivity contribution in [2.75, 3.05) is 38.1 Å². The van der Waals surface area contributed by atoms with Crippen molar-refractivity contribution in [2.24, 2.45) is 10.4 Å². The number of anilines is 1. The fraction of sp³-hybridized carbons (Fsp3) is 0.741. The van der Waals surface area contributed by atoms with Crippen LogP contribution >= 0.6 is 0 Å². The maximum absolute atomic E-state index is 4.43. The second-order valence-corrected chi connectivity index (χ2v) is 10.4. The van der Waals surface area contributed by atoms with E-state index in [0.717, 1.165) is 12.5 Å². The van der Waals surface area contributed by atoms with Gasteiger partial charge in [0.1, 0.15) is 0 Å². The molecule has 2 heterocycles. The van der Waals surface area contributed by atoms with E-state index in [1.807, 2.05) is 7.05 Å². The van der Waals surface area contributed by atoms with Gasteiger partial charge in [0.25, 0.3) is 0 Å². The molecule has 1 saturated carbocycles. The average Bonchev–Trinajstić information content (AvgIpc) is 3.57. The number of likely N-dealkylation sites (tertiary alicyclic amines) is 1. The monoisotopic (exact) mass is 409 g/mol. The second kappa shape index (κ2) is 9.42. The molecule has 1 aromatic rings. The first-order valence-corrected chi connectivity index (χ1v) is 12.6. The fourth-order valence-electron chi connectivity index (χ4n) is 5.90. The summed E-state index contributed by atoms with van der Waals surface area (Å²) in [6.45, 7) is 13.0. The molecule has 3 fully saturated rings. The van der Waals surface area contributed by atoms with Crippen molar-refractivity contribution in [3.63, 3.8) is 0 Å². The van der Waals surface area contributed by atoms with E-state index in [-0.39, 0.29) is 0 Å². The lowest BCUT2D eigenvalue weighted by atomic mass is 9.73. The Kier molecular flexibility index (Phi) is 6.87. The van der Waals surface area contributed by atoms with Crippen molar-refractivity contribution >= 4 is 11.4 Å². The van der Waals surface area contributed by atoms with Gasteiger partial charge in [0, 0.05) is 56.6 Å². The maximum atomic E-state index is 4.43. The van der Waals surface area contributed by atoms with Gasteiger partial charge in [0.05, 0.1) is 0 Å². The van der Waals surface area contributed by atoms with E-state index < -0.39 is 0 Å². The predicted molar refractivity (Wildman–Crippen MR) is 130 cm³/mol. The highest BCUT2D eigenvalue weighted by atomic mass is 15.2. The Morgan fingerprint density at radius 3 is 2.43 bits per heavy atom. The highest BCUT2D eigenvalue weighted by molar-refractivity contribution is 5.82. The number of aliphatic imine (C=N–C) groups is 1. The van der Waals surface area contributed by atoms with Gasteiger partial charge in [-0.3, -0.25) is 9.89 Å². The van der Waals surface area contributed by atoms with Gasteiger partial charge in [0.15, 0.2) is 0 Å². The number of piperidine rings is 1. The van der Waals surface area contributed by atoms with Gasteiger partial charge in [-0.05, 0) is 80.9 Å². The van der Waals surface area contributed by atoms with Crippen molar-refractivity contribution in [3.8, 4) is 0 Å². The van der Waals surface area contributed by atoms with Crippen molar-refractivity contribution in [1.29, 1.82) is 0 Å². The molecule has 3 nitrogen and oxygen atoms in total. The Hall–Kier alpha value is -1.35. The topological polar surface area (TPSA) is 18.8 Å². The molecule has 0 spiro atoms. The van der Waals surface area contributed by atoms with E-state index >= 15 is 0 Å². The van der Waals surface area contributed by atoms with Crippen LogP contribution in [0.4, 0.5) is 5.69 Å². The van der Waals surface area contributed by atoms with Crippen molar-refractivity contribution < 1.29 is 0 Å². The van der Waals surface area contributed by atoms with Crippen LogP contribution in [0, 0.1) is 5.41 Å². The number of rotatable bonds is 9. The summed E-state index contributed by atoms with van der Waals surface area (Å²) >= 11 is 0. The van der Waals surface area contributed by atoms with Gasteiger partial charge < -0.3 is 4.90 Å². The molecule has 0 N–H and O–H groups in total. The van der Waals surface area contributed by atoms with Crippen LogP contribution in [0.25, 0.3) is 0 Å². The van der Waals surface area contributed by atoms with Gasteiger partial charge in [-0.2, -0.15) is 0 Å². The number of aryl methyl sites for hydroxylation is 1. The van der Waals surface area contributed by atoms with E-state index in [1.54, 1.807) is 22.4 Å². The molecule has 30 heavy (non-hydrogen) atoms. The first-order valence-electron chi connectivity index (χ1n) is 12.6. The lowest BCUT2D eigenvalue weighted by molar-refractivity contribution is -0.00343. The molecule has 3 aliphatic rings. The summed E-state index contributed by atoms with van der Waals surface area (Å²) in [6.07, 6.45) is 11.8. The van der Waals surface area contributed by atoms with E-state index in [2.05, 4.69) is 47.7 Å². The first kappa shape index (κ1) is 21.9. The van der Waals surface area contributed by atoms with Crippen molar-refractivity contribution in [2.45, 2.75) is 91.0 Å². The van der Waals surface area contributed by atoms with Gasteiger partial charge in [0.2, 0.25) is 0 Å². The first-order chi connectivity index (χ1) is 14.6. The number of nitrogens with zero attached hydrogens (tertiary/aromatic N) is 3. The second-order valence-electron chi connectivity index (χ2n) is 10.4. The summed E-state index contributed by atoms with van der Waals surface area (Å²) in [5.74, 6) is 0.826. The van der Waals surface area contributed by atoms with E-state index in [9.17, 15) is 0 Å². The van der Waals surface area contributed by atoms with Crippen molar-refractivity contribution in [3.05, 3.63) is 28.8 Å². The number of hydrogen-bond donors (Lipinski definition) is 0. The number of hydrogen-bond acceptors (Lipinski definition) is 3. The molecule has 0 radical (unpaired) electrons. The molecule has 1 aromatic carbocycles. The minimum atomic E-state index is 0.461. The number of benzene rings is 1. The van der Waals surface area contributed by atoms with Crippen LogP contribution in [0.2, 0.25) is 0 Å². The Bertz CT molecular complexity index is 750. The molecule has 2 saturated heterocycles. The quantitative estimate of drug-likeness (QED) is 0.452. The lowest BCUT2D eigenvalue weighted by Crippen LogP contribution is -2.56. The van der Waals surface area contributed by atoms with Gasteiger partial charge >= 0.3 is 0 Å². The standard InChI is InChI=1S/C27H43N3/c1-5-10-24-15-22(18-29-19-27(6-2,20-29)17-21(3)28-4)16-25(23-11-12-23)26(24)30-13-8-7-9-14-30/h15-16,23H,5-14,17-20H2,1-4H3/b28-21-. The van der Waals surface area contributed by atoms with Crippen LogP contribution in [0.3, 0.4) is 0 Å². The summed E-state index contributed by atoms with van der Waals surface area (Å²) in [5.41, 5.74) is 8.30. The molecule has 0 bridgehead atoms. The van der Waals surface area contributed by atoms with Crippen LogP contribution in [0.1, 0.15) is 94.7 Å². The summed E-state index contributed by atoms with van der Waals surface area (Å²) in [7, 11) is 1.94. The maximum Gasteiger partial charge on any atom is 0.0434 e. The molecular weight excluding hydrogens is 366 g/mol. The zero-order chi connectivity index (χ0) is 21.1.